The van der Waals surface area contributed by atoms with Gasteiger partial charge in [0.05, 0.1) is 0 Å². The standard InChI is InChI=1S/C29H42N2O2/c1-8-25(27(33)30-29(5,6)7)31(21-20-22-12-10-9-11-13-22)26(32)19-16-23-14-17-24(18-15-23)28(2,3)4/h9-15,17-18,25H,8,16,19-21H2,1-7H3,(H,30,33)/t25-/m0/s1. The molecule has 0 aromatic heterocycles. The summed E-state index contributed by atoms with van der Waals surface area (Å²) in [6.07, 6.45) is 2.38. The smallest absolute Gasteiger partial charge is 0.243 e. The third-order valence-corrected chi connectivity index (χ3v) is 5.82. The molecule has 1 N–H and O–H groups in total. The van der Waals surface area contributed by atoms with E-state index in [9.17, 15) is 9.59 Å². The Morgan fingerprint density at radius 3 is 1.94 bits per heavy atom. The van der Waals surface area contributed by atoms with Gasteiger partial charge in [0.15, 0.2) is 0 Å². The van der Waals surface area contributed by atoms with E-state index < -0.39 is 6.04 Å². The van der Waals surface area contributed by atoms with Crippen molar-refractivity contribution in [2.45, 2.75) is 91.1 Å². The van der Waals surface area contributed by atoms with Gasteiger partial charge in [-0.2, -0.15) is 0 Å². The van der Waals surface area contributed by atoms with E-state index in [1.165, 1.54) is 11.1 Å². The van der Waals surface area contributed by atoms with E-state index in [-0.39, 0.29) is 22.8 Å². The highest BCUT2D eigenvalue weighted by molar-refractivity contribution is 5.88. The molecule has 0 unspecified atom stereocenters. The van der Waals surface area contributed by atoms with Gasteiger partial charge in [0.2, 0.25) is 11.8 Å². The fourth-order valence-corrected chi connectivity index (χ4v) is 3.92. The summed E-state index contributed by atoms with van der Waals surface area (Å²) >= 11 is 0. The second kappa shape index (κ2) is 11.5. The summed E-state index contributed by atoms with van der Waals surface area (Å²) in [6.45, 7) is 15.0. The number of aryl methyl sites for hydroxylation is 1. The van der Waals surface area contributed by atoms with Gasteiger partial charge in [-0.05, 0) is 62.1 Å². The van der Waals surface area contributed by atoms with Crippen LogP contribution in [-0.4, -0.2) is 34.8 Å². The van der Waals surface area contributed by atoms with Crippen molar-refractivity contribution in [1.29, 1.82) is 0 Å². The van der Waals surface area contributed by atoms with Crippen molar-refractivity contribution in [3.05, 3.63) is 71.3 Å². The van der Waals surface area contributed by atoms with Gasteiger partial charge in [0.25, 0.3) is 0 Å². The highest BCUT2D eigenvalue weighted by Crippen LogP contribution is 2.22. The minimum atomic E-state index is -0.469. The van der Waals surface area contributed by atoms with Crippen LogP contribution in [0.25, 0.3) is 0 Å². The summed E-state index contributed by atoms with van der Waals surface area (Å²) in [4.78, 5) is 28.2. The topological polar surface area (TPSA) is 49.4 Å². The van der Waals surface area contributed by atoms with Crippen molar-refractivity contribution in [2.24, 2.45) is 0 Å². The van der Waals surface area contributed by atoms with Gasteiger partial charge >= 0.3 is 0 Å². The van der Waals surface area contributed by atoms with Gasteiger partial charge in [-0.1, -0.05) is 82.3 Å². The summed E-state index contributed by atoms with van der Waals surface area (Å²) in [5.74, 6) is -0.0531. The van der Waals surface area contributed by atoms with Crippen LogP contribution in [0.1, 0.15) is 78.0 Å². The molecule has 0 heterocycles. The van der Waals surface area contributed by atoms with Gasteiger partial charge < -0.3 is 10.2 Å². The molecule has 0 aliphatic carbocycles. The van der Waals surface area contributed by atoms with Crippen molar-refractivity contribution < 1.29 is 9.59 Å². The minimum absolute atomic E-state index is 0.0294. The van der Waals surface area contributed by atoms with E-state index in [1.54, 1.807) is 4.90 Å². The number of nitrogens with one attached hydrogen (secondary N) is 1. The van der Waals surface area contributed by atoms with Crippen LogP contribution in [0.2, 0.25) is 0 Å². The minimum Gasteiger partial charge on any atom is -0.350 e. The van der Waals surface area contributed by atoms with Gasteiger partial charge in [0, 0.05) is 18.5 Å². The van der Waals surface area contributed by atoms with Crippen LogP contribution in [0.4, 0.5) is 0 Å². The molecule has 0 saturated heterocycles. The second-order valence-electron chi connectivity index (χ2n) is 10.9. The van der Waals surface area contributed by atoms with E-state index in [0.29, 0.717) is 25.8 Å². The highest BCUT2D eigenvalue weighted by atomic mass is 16.2. The van der Waals surface area contributed by atoms with E-state index in [2.05, 4.69) is 62.5 Å². The molecule has 4 heteroatoms. The van der Waals surface area contributed by atoms with Crippen molar-refractivity contribution in [3.8, 4) is 0 Å². The first-order valence-electron chi connectivity index (χ1n) is 12.2. The lowest BCUT2D eigenvalue weighted by atomic mass is 9.86. The molecule has 0 aliphatic heterocycles. The molecule has 180 valence electrons. The van der Waals surface area contributed by atoms with Crippen LogP contribution < -0.4 is 5.32 Å². The summed E-state index contributed by atoms with van der Waals surface area (Å²) in [7, 11) is 0. The van der Waals surface area contributed by atoms with E-state index >= 15 is 0 Å². The molecule has 2 rings (SSSR count). The van der Waals surface area contributed by atoms with Crippen LogP contribution in [0.3, 0.4) is 0 Å². The number of nitrogens with zero attached hydrogens (tertiary/aromatic N) is 1. The first-order chi connectivity index (χ1) is 15.4. The van der Waals surface area contributed by atoms with Gasteiger partial charge in [-0.25, -0.2) is 0 Å². The Bertz CT molecular complexity index is 890. The van der Waals surface area contributed by atoms with Gasteiger partial charge in [-0.15, -0.1) is 0 Å². The molecule has 0 aliphatic rings. The fourth-order valence-electron chi connectivity index (χ4n) is 3.92. The number of carbonyl (C=O) groups excluding carboxylic acids is 2. The predicted octanol–water partition coefficient (Wildman–Crippen LogP) is 5.68. The van der Waals surface area contributed by atoms with Crippen molar-refractivity contribution >= 4 is 11.8 Å². The van der Waals surface area contributed by atoms with Crippen LogP contribution in [0.15, 0.2) is 54.6 Å². The SMILES string of the molecule is CC[C@@H](C(=O)NC(C)(C)C)N(CCc1ccccc1)C(=O)CCc1ccc(C(C)(C)C)cc1. The molecular formula is C29H42N2O2. The molecule has 0 fully saturated rings. The molecule has 2 aromatic rings. The largest absolute Gasteiger partial charge is 0.350 e. The van der Waals surface area contributed by atoms with E-state index in [0.717, 1.165) is 12.0 Å². The maximum atomic E-state index is 13.4. The van der Waals surface area contributed by atoms with Crippen LogP contribution in [-0.2, 0) is 27.8 Å². The summed E-state index contributed by atoms with van der Waals surface area (Å²) in [5, 5.41) is 3.06. The number of amides is 2. The molecule has 0 spiro atoms. The number of carbonyl (C=O) groups is 2. The van der Waals surface area contributed by atoms with E-state index in [1.807, 2.05) is 45.9 Å². The normalized spacial score (nSPS) is 12.8. The lowest BCUT2D eigenvalue weighted by Crippen LogP contribution is -2.54. The van der Waals surface area contributed by atoms with Crippen LogP contribution in [0, 0.1) is 0 Å². The number of hydrogen-bond donors (Lipinski definition) is 1. The van der Waals surface area contributed by atoms with Crippen molar-refractivity contribution in [2.75, 3.05) is 6.54 Å². The summed E-state index contributed by atoms with van der Waals surface area (Å²) in [5.41, 5.74) is 3.36. The predicted molar refractivity (Wildman–Crippen MR) is 137 cm³/mol. The summed E-state index contributed by atoms with van der Waals surface area (Å²) in [6, 6.07) is 18.2. The number of rotatable bonds is 9. The van der Waals surface area contributed by atoms with Crippen LogP contribution >= 0.6 is 0 Å². The maximum Gasteiger partial charge on any atom is 0.243 e. The maximum absolute atomic E-state index is 13.4. The number of benzene rings is 2. The zero-order chi connectivity index (χ0) is 24.6. The van der Waals surface area contributed by atoms with Crippen LogP contribution in [0.5, 0.6) is 0 Å². The lowest BCUT2D eigenvalue weighted by molar-refractivity contribution is -0.141. The van der Waals surface area contributed by atoms with Gasteiger partial charge in [-0.3, -0.25) is 9.59 Å². The Balaban J connectivity index is 2.14. The van der Waals surface area contributed by atoms with Gasteiger partial charge in [0.1, 0.15) is 6.04 Å². The first kappa shape index (κ1) is 26.6. The Morgan fingerprint density at radius 2 is 1.42 bits per heavy atom. The molecule has 0 radical (unpaired) electrons. The Hall–Kier alpha value is -2.62. The zero-order valence-corrected chi connectivity index (χ0v) is 21.6. The highest BCUT2D eigenvalue weighted by Gasteiger charge is 2.30. The summed E-state index contributed by atoms with van der Waals surface area (Å²) < 4.78 is 0. The Labute approximate surface area is 200 Å². The fraction of sp³-hybridized carbons (Fsp3) is 0.517. The molecular weight excluding hydrogens is 408 g/mol. The van der Waals surface area contributed by atoms with Crippen molar-refractivity contribution in [1.82, 2.24) is 10.2 Å². The molecule has 2 aromatic carbocycles. The lowest BCUT2D eigenvalue weighted by Gasteiger charge is -2.33. The molecule has 4 nitrogen and oxygen atoms in total. The Kier molecular flexibility index (Phi) is 9.27. The van der Waals surface area contributed by atoms with E-state index in [4.69, 9.17) is 0 Å². The average molecular weight is 451 g/mol. The molecule has 2 amide bonds. The Morgan fingerprint density at radius 1 is 0.848 bits per heavy atom. The molecule has 33 heavy (non-hydrogen) atoms. The first-order valence-corrected chi connectivity index (χ1v) is 12.2. The average Bonchev–Trinajstić information content (AvgIpc) is 2.74. The molecule has 1 atom stereocenters. The third kappa shape index (κ3) is 8.68. The molecule has 0 bridgehead atoms. The third-order valence-electron chi connectivity index (χ3n) is 5.82. The van der Waals surface area contributed by atoms with Crippen molar-refractivity contribution in [3.63, 3.8) is 0 Å². The number of hydrogen-bond acceptors (Lipinski definition) is 2. The quantitative estimate of drug-likeness (QED) is 0.534. The second-order valence-corrected chi connectivity index (χ2v) is 10.9. The zero-order valence-electron chi connectivity index (χ0n) is 21.6. The monoisotopic (exact) mass is 450 g/mol. The molecule has 0 saturated carbocycles.